The maximum atomic E-state index is 9.05. The zero-order chi connectivity index (χ0) is 17.9. The Morgan fingerprint density at radius 1 is 1.23 bits per heavy atom. The minimum atomic E-state index is -0.0699. The Morgan fingerprint density at radius 3 is 2.81 bits per heavy atom. The van der Waals surface area contributed by atoms with Crippen molar-refractivity contribution in [2.75, 3.05) is 6.54 Å². The molecule has 3 unspecified atom stereocenters. The number of fused-ring (bicyclic) bond motifs is 1. The molecule has 3 atom stereocenters. The Morgan fingerprint density at radius 2 is 2.08 bits per heavy atom. The van der Waals surface area contributed by atoms with E-state index in [0.717, 1.165) is 35.2 Å². The molecule has 0 radical (unpaired) electrons. The van der Waals surface area contributed by atoms with Crippen molar-refractivity contribution in [1.82, 2.24) is 15.3 Å². The second-order valence-electron chi connectivity index (χ2n) is 6.82. The lowest BCUT2D eigenvalue weighted by Crippen LogP contribution is -2.21. The molecule has 1 N–H and O–H groups in total. The van der Waals surface area contributed by atoms with E-state index in [1.807, 2.05) is 42.5 Å². The molecule has 0 aliphatic carbocycles. The summed E-state index contributed by atoms with van der Waals surface area (Å²) in [6.07, 6.45) is 4.33. The van der Waals surface area contributed by atoms with E-state index in [9.17, 15) is 0 Å². The van der Waals surface area contributed by atoms with Gasteiger partial charge in [-0.05, 0) is 43.2 Å². The normalized spacial score (nSPS) is 20.6. The van der Waals surface area contributed by atoms with Crippen molar-refractivity contribution in [3.8, 4) is 11.8 Å². The van der Waals surface area contributed by atoms with Crippen molar-refractivity contribution < 1.29 is 4.74 Å². The molecule has 130 valence electrons. The number of benzene rings is 2. The quantitative estimate of drug-likeness (QED) is 0.783. The summed E-state index contributed by atoms with van der Waals surface area (Å²) in [5.74, 6) is 1.17. The van der Waals surface area contributed by atoms with E-state index in [0.29, 0.717) is 17.5 Å². The molecule has 26 heavy (non-hydrogen) atoms. The number of hydrogen-bond acceptors (Lipinski definition) is 5. The molecule has 0 amide bonds. The van der Waals surface area contributed by atoms with Crippen molar-refractivity contribution in [3.63, 3.8) is 0 Å². The van der Waals surface area contributed by atoms with Gasteiger partial charge in [-0.15, -0.1) is 0 Å². The molecular weight excluding hydrogens is 324 g/mol. The first-order valence-corrected chi connectivity index (χ1v) is 8.83. The van der Waals surface area contributed by atoms with Crippen LogP contribution in [0.1, 0.15) is 30.6 Å². The van der Waals surface area contributed by atoms with Crippen LogP contribution < -0.4 is 10.1 Å². The minimum Gasteiger partial charge on any atom is -0.485 e. The molecule has 5 heteroatoms. The fourth-order valence-corrected chi connectivity index (χ4v) is 3.56. The van der Waals surface area contributed by atoms with Gasteiger partial charge in [-0.3, -0.25) is 0 Å². The number of nitrogens with zero attached hydrogens (tertiary/aromatic N) is 3. The SMILES string of the molecule is CC1CC(C(Oc2ccc3cncnc3c2)c2ccc(C#N)cc2)CN1. The van der Waals surface area contributed by atoms with Gasteiger partial charge in [0.05, 0.1) is 17.1 Å². The highest BCUT2D eigenvalue weighted by molar-refractivity contribution is 5.78. The van der Waals surface area contributed by atoms with Crippen LogP contribution in [-0.4, -0.2) is 22.6 Å². The van der Waals surface area contributed by atoms with Crippen molar-refractivity contribution in [3.05, 3.63) is 66.1 Å². The summed E-state index contributed by atoms with van der Waals surface area (Å²) in [6.45, 7) is 3.12. The van der Waals surface area contributed by atoms with Crippen LogP contribution in [0.25, 0.3) is 10.9 Å². The van der Waals surface area contributed by atoms with Crippen molar-refractivity contribution in [2.45, 2.75) is 25.5 Å². The maximum absolute atomic E-state index is 9.05. The molecule has 1 aromatic heterocycles. The number of ether oxygens (including phenoxy) is 1. The largest absolute Gasteiger partial charge is 0.485 e. The zero-order valence-electron chi connectivity index (χ0n) is 14.6. The van der Waals surface area contributed by atoms with Crippen molar-refractivity contribution in [2.24, 2.45) is 5.92 Å². The molecule has 2 heterocycles. The molecule has 2 aromatic carbocycles. The number of rotatable bonds is 4. The average Bonchev–Trinajstić information content (AvgIpc) is 3.12. The minimum absolute atomic E-state index is 0.0699. The van der Waals surface area contributed by atoms with Gasteiger partial charge in [-0.25, -0.2) is 9.97 Å². The molecule has 1 fully saturated rings. The van der Waals surface area contributed by atoms with E-state index in [2.05, 4.69) is 28.3 Å². The summed E-state index contributed by atoms with van der Waals surface area (Å²) < 4.78 is 6.43. The molecule has 1 aliphatic rings. The Kier molecular flexibility index (Phi) is 4.51. The van der Waals surface area contributed by atoms with Crippen LogP contribution in [0.2, 0.25) is 0 Å². The number of aromatic nitrogens is 2. The first-order chi connectivity index (χ1) is 12.7. The third-order valence-electron chi connectivity index (χ3n) is 4.92. The number of hydrogen-bond donors (Lipinski definition) is 1. The highest BCUT2D eigenvalue weighted by Crippen LogP contribution is 2.34. The summed E-state index contributed by atoms with van der Waals surface area (Å²) in [6, 6.07) is 16.3. The number of nitrogens with one attached hydrogen (secondary N) is 1. The summed E-state index contributed by atoms with van der Waals surface area (Å²) in [5, 5.41) is 13.5. The molecule has 5 nitrogen and oxygen atoms in total. The summed E-state index contributed by atoms with van der Waals surface area (Å²) in [7, 11) is 0. The van der Waals surface area contributed by atoms with E-state index in [1.54, 1.807) is 12.5 Å². The zero-order valence-corrected chi connectivity index (χ0v) is 14.6. The second kappa shape index (κ2) is 7.11. The highest BCUT2D eigenvalue weighted by Gasteiger charge is 2.31. The van der Waals surface area contributed by atoms with Crippen molar-refractivity contribution in [1.29, 1.82) is 5.26 Å². The molecule has 1 saturated heterocycles. The van der Waals surface area contributed by atoms with Crippen LogP contribution in [0.4, 0.5) is 0 Å². The van der Waals surface area contributed by atoms with Gasteiger partial charge in [-0.2, -0.15) is 5.26 Å². The van der Waals surface area contributed by atoms with E-state index in [-0.39, 0.29) is 6.10 Å². The van der Waals surface area contributed by atoms with Crippen LogP contribution in [0.3, 0.4) is 0 Å². The maximum Gasteiger partial charge on any atom is 0.128 e. The van der Waals surface area contributed by atoms with E-state index in [4.69, 9.17) is 10.00 Å². The first-order valence-electron chi connectivity index (χ1n) is 8.83. The Hall–Kier alpha value is -2.97. The van der Waals surface area contributed by atoms with Crippen LogP contribution >= 0.6 is 0 Å². The van der Waals surface area contributed by atoms with Crippen LogP contribution in [-0.2, 0) is 0 Å². The van der Waals surface area contributed by atoms with Gasteiger partial charge in [-0.1, -0.05) is 12.1 Å². The molecule has 1 aliphatic heterocycles. The van der Waals surface area contributed by atoms with Gasteiger partial charge in [0.2, 0.25) is 0 Å². The predicted molar refractivity (Wildman–Crippen MR) is 99.6 cm³/mol. The van der Waals surface area contributed by atoms with Crippen molar-refractivity contribution >= 4 is 10.9 Å². The lowest BCUT2D eigenvalue weighted by Gasteiger charge is -2.25. The Bertz CT molecular complexity index is 948. The molecule has 0 bridgehead atoms. The van der Waals surface area contributed by atoms with Gasteiger partial charge >= 0.3 is 0 Å². The van der Waals surface area contributed by atoms with E-state index >= 15 is 0 Å². The monoisotopic (exact) mass is 344 g/mol. The lowest BCUT2D eigenvalue weighted by molar-refractivity contribution is 0.143. The topological polar surface area (TPSA) is 70.8 Å². The van der Waals surface area contributed by atoms with Crippen LogP contribution in [0, 0.1) is 17.2 Å². The third-order valence-corrected chi connectivity index (χ3v) is 4.92. The Labute approximate surface area is 152 Å². The fourth-order valence-electron chi connectivity index (χ4n) is 3.56. The fraction of sp³-hybridized carbons (Fsp3) is 0.286. The summed E-state index contributed by atoms with van der Waals surface area (Å²) in [4.78, 5) is 8.37. The molecule has 3 aromatic rings. The number of nitriles is 1. The summed E-state index contributed by atoms with van der Waals surface area (Å²) in [5.41, 5.74) is 2.62. The van der Waals surface area contributed by atoms with E-state index in [1.165, 1.54) is 0 Å². The standard InChI is InChI=1S/C21H20N4O/c1-14-8-18(12-24-14)21(16-4-2-15(10-22)3-5-16)26-19-7-6-17-11-23-13-25-20(17)9-19/h2-7,9,11,13-14,18,21,24H,8,12H2,1H3. The molecular formula is C21H20N4O. The average molecular weight is 344 g/mol. The Balaban J connectivity index is 1.66. The second-order valence-corrected chi connectivity index (χ2v) is 6.82. The van der Waals surface area contributed by atoms with Crippen LogP contribution in [0.5, 0.6) is 5.75 Å². The van der Waals surface area contributed by atoms with Gasteiger partial charge in [0.1, 0.15) is 18.2 Å². The smallest absolute Gasteiger partial charge is 0.128 e. The van der Waals surface area contributed by atoms with E-state index < -0.39 is 0 Å². The van der Waals surface area contributed by atoms with Crippen LogP contribution in [0.15, 0.2) is 55.0 Å². The van der Waals surface area contributed by atoms with Gasteiger partial charge in [0.15, 0.2) is 0 Å². The molecule has 4 rings (SSSR count). The lowest BCUT2D eigenvalue weighted by atomic mass is 9.93. The molecule has 0 saturated carbocycles. The first kappa shape index (κ1) is 16.5. The third kappa shape index (κ3) is 3.37. The van der Waals surface area contributed by atoms with Gasteiger partial charge in [0, 0.05) is 36.2 Å². The van der Waals surface area contributed by atoms with Gasteiger partial charge in [0.25, 0.3) is 0 Å². The predicted octanol–water partition coefficient (Wildman–Crippen LogP) is 3.62. The highest BCUT2D eigenvalue weighted by atomic mass is 16.5. The van der Waals surface area contributed by atoms with Gasteiger partial charge < -0.3 is 10.1 Å². The summed E-state index contributed by atoms with van der Waals surface area (Å²) >= 11 is 0. The molecule has 0 spiro atoms.